The van der Waals surface area contributed by atoms with E-state index in [4.69, 9.17) is 14.6 Å². The van der Waals surface area contributed by atoms with Gasteiger partial charge in [-0.2, -0.15) is 0 Å². The number of benzene rings is 1. The number of nitrogens with one attached hydrogen (secondary N) is 2. The van der Waals surface area contributed by atoms with Gasteiger partial charge in [-0.15, -0.1) is 0 Å². The molecule has 8 heteroatoms. The highest BCUT2D eigenvalue weighted by atomic mass is 16.5. The third-order valence-corrected chi connectivity index (χ3v) is 4.85. The van der Waals surface area contributed by atoms with Gasteiger partial charge in [0.15, 0.2) is 0 Å². The summed E-state index contributed by atoms with van der Waals surface area (Å²) in [5.74, 6) is 0.383. The van der Waals surface area contributed by atoms with Crippen molar-refractivity contribution in [1.29, 1.82) is 0 Å². The molecule has 4 N–H and O–H groups in total. The number of aliphatic hydroxyl groups excluding tert-OH is 1. The first-order chi connectivity index (χ1) is 13.5. The monoisotopic (exact) mass is 392 g/mol. The van der Waals surface area contributed by atoms with Crippen LogP contribution in [0.4, 0.5) is 0 Å². The molecule has 0 heterocycles. The standard InChI is InChI=1S/C19H26N2O4.CH2O2/c1-2-25-15-8-3-12(4-9-15)18(23)21-16-11-13(5-10-17(16)22)19(24)20-14-6-7-14;2-1-3/h3-4,8-9,13-14,16-17,22H,2,5-7,10-11H2,1H3,(H,20,24)(H,21,23);1H,(H,2,3)/t13-,16+,17+;/m0./s1. The van der Waals surface area contributed by atoms with Crippen LogP contribution in [-0.2, 0) is 9.59 Å². The van der Waals surface area contributed by atoms with Crippen molar-refractivity contribution in [2.75, 3.05) is 6.61 Å². The van der Waals surface area contributed by atoms with Gasteiger partial charge in [-0.25, -0.2) is 0 Å². The van der Waals surface area contributed by atoms with E-state index in [9.17, 15) is 14.7 Å². The topological polar surface area (TPSA) is 125 Å². The molecule has 0 aromatic heterocycles. The maximum Gasteiger partial charge on any atom is 0.290 e. The molecule has 1 aromatic rings. The molecule has 0 spiro atoms. The molecule has 3 rings (SSSR count). The number of aliphatic hydroxyl groups is 1. The van der Waals surface area contributed by atoms with Crippen LogP contribution in [-0.4, -0.2) is 53.3 Å². The summed E-state index contributed by atoms with van der Waals surface area (Å²) in [4.78, 5) is 33.0. The van der Waals surface area contributed by atoms with Crippen LogP contribution in [0.25, 0.3) is 0 Å². The van der Waals surface area contributed by atoms with E-state index in [0.717, 1.165) is 12.8 Å². The minimum Gasteiger partial charge on any atom is -0.494 e. The molecule has 2 saturated carbocycles. The zero-order chi connectivity index (χ0) is 20.5. The Labute approximate surface area is 164 Å². The van der Waals surface area contributed by atoms with Crippen molar-refractivity contribution in [3.05, 3.63) is 29.8 Å². The molecule has 0 radical (unpaired) electrons. The minimum atomic E-state index is -0.614. The van der Waals surface area contributed by atoms with Crippen LogP contribution in [0.15, 0.2) is 24.3 Å². The summed E-state index contributed by atoms with van der Waals surface area (Å²) in [6, 6.07) is 6.84. The molecule has 8 nitrogen and oxygen atoms in total. The molecule has 2 aliphatic rings. The van der Waals surface area contributed by atoms with E-state index in [0.29, 0.717) is 43.2 Å². The van der Waals surface area contributed by atoms with Crippen LogP contribution in [0.3, 0.4) is 0 Å². The lowest BCUT2D eigenvalue weighted by Crippen LogP contribution is -2.49. The average molecular weight is 392 g/mol. The Bertz CT molecular complexity index is 659. The van der Waals surface area contributed by atoms with E-state index in [-0.39, 0.29) is 24.2 Å². The van der Waals surface area contributed by atoms with Gasteiger partial charge in [0.1, 0.15) is 5.75 Å². The van der Waals surface area contributed by atoms with Gasteiger partial charge in [0, 0.05) is 17.5 Å². The van der Waals surface area contributed by atoms with E-state index in [1.807, 2.05) is 6.92 Å². The average Bonchev–Trinajstić information content (AvgIpc) is 3.49. The summed E-state index contributed by atoms with van der Waals surface area (Å²) in [5, 5.41) is 23.0. The quantitative estimate of drug-likeness (QED) is 0.541. The fourth-order valence-electron chi connectivity index (χ4n) is 3.22. The maximum absolute atomic E-state index is 12.4. The molecule has 0 aliphatic heterocycles. The first-order valence-electron chi connectivity index (χ1n) is 9.58. The van der Waals surface area contributed by atoms with Gasteiger partial charge in [0.05, 0.1) is 18.8 Å². The van der Waals surface area contributed by atoms with Crippen molar-refractivity contribution >= 4 is 18.3 Å². The lowest BCUT2D eigenvalue weighted by atomic mass is 9.83. The molecule has 28 heavy (non-hydrogen) atoms. The highest BCUT2D eigenvalue weighted by Gasteiger charge is 2.35. The normalized spacial score (nSPS) is 23.6. The summed E-state index contributed by atoms with van der Waals surface area (Å²) in [6.07, 6.45) is 3.16. The van der Waals surface area contributed by atoms with Crippen molar-refractivity contribution in [2.24, 2.45) is 5.92 Å². The predicted molar refractivity (Wildman–Crippen MR) is 102 cm³/mol. The van der Waals surface area contributed by atoms with Crippen molar-refractivity contribution in [3.8, 4) is 5.75 Å². The van der Waals surface area contributed by atoms with Gasteiger partial charge in [-0.3, -0.25) is 14.4 Å². The number of hydrogen-bond acceptors (Lipinski definition) is 5. The van der Waals surface area contributed by atoms with Crippen molar-refractivity contribution in [1.82, 2.24) is 10.6 Å². The van der Waals surface area contributed by atoms with Crippen molar-refractivity contribution < 1.29 is 29.3 Å². The Balaban J connectivity index is 0.000000878. The molecule has 0 bridgehead atoms. The molecular formula is C20H28N2O6. The molecule has 3 atom stereocenters. The number of rotatable bonds is 6. The first-order valence-corrected chi connectivity index (χ1v) is 9.58. The van der Waals surface area contributed by atoms with Gasteiger partial charge in [0.25, 0.3) is 12.4 Å². The SMILES string of the molecule is CCOc1ccc(C(=O)N[C@@H]2C[C@@H](C(=O)NC3CC3)CC[C@H]2O)cc1.O=CO. The minimum absolute atomic E-state index is 0.0507. The van der Waals surface area contributed by atoms with Crippen LogP contribution >= 0.6 is 0 Å². The molecular weight excluding hydrogens is 364 g/mol. The molecule has 2 amide bonds. The molecule has 2 aliphatic carbocycles. The first kappa shape index (κ1) is 21.7. The Morgan fingerprint density at radius 2 is 1.79 bits per heavy atom. The lowest BCUT2D eigenvalue weighted by Gasteiger charge is -2.33. The molecule has 154 valence electrons. The Morgan fingerprint density at radius 3 is 2.36 bits per heavy atom. The maximum atomic E-state index is 12.4. The highest BCUT2D eigenvalue weighted by molar-refractivity contribution is 5.94. The number of carbonyl (C=O) groups is 3. The third-order valence-electron chi connectivity index (χ3n) is 4.85. The van der Waals surface area contributed by atoms with E-state index < -0.39 is 12.1 Å². The van der Waals surface area contributed by atoms with E-state index in [1.165, 1.54) is 0 Å². The Kier molecular flexibility index (Phi) is 8.25. The summed E-state index contributed by atoms with van der Waals surface area (Å²) in [7, 11) is 0. The number of hydrogen-bond donors (Lipinski definition) is 4. The zero-order valence-electron chi connectivity index (χ0n) is 16.0. The van der Waals surface area contributed by atoms with E-state index in [1.54, 1.807) is 24.3 Å². The highest BCUT2D eigenvalue weighted by Crippen LogP contribution is 2.27. The summed E-state index contributed by atoms with van der Waals surface area (Å²) in [5.41, 5.74) is 0.514. The summed E-state index contributed by atoms with van der Waals surface area (Å²) in [6.45, 7) is 2.23. The van der Waals surface area contributed by atoms with Gasteiger partial charge >= 0.3 is 0 Å². The summed E-state index contributed by atoms with van der Waals surface area (Å²) < 4.78 is 5.37. The second-order valence-corrected chi connectivity index (χ2v) is 7.00. The van der Waals surface area contributed by atoms with Gasteiger partial charge in [0.2, 0.25) is 5.91 Å². The largest absolute Gasteiger partial charge is 0.494 e. The smallest absolute Gasteiger partial charge is 0.290 e. The van der Waals surface area contributed by atoms with Crippen LogP contribution in [0.2, 0.25) is 0 Å². The Hall–Kier alpha value is -2.61. The second kappa shape index (κ2) is 10.7. The van der Waals surface area contributed by atoms with E-state index >= 15 is 0 Å². The van der Waals surface area contributed by atoms with Crippen LogP contribution in [0.1, 0.15) is 49.4 Å². The number of carboxylic acid groups (broad SMARTS) is 1. The number of amides is 2. The second-order valence-electron chi connectivity index (χ2n) is 7.00. The fraction of sp³-hybridized carbons (Fsp3) is 0.550. The van der Waals surface area contributed by atoms with Crippen LogP contribution in [0.5, 0.6) is 5.75 Å². The number of ether oxygens (including phenoxy) is 1. The summed E-state index contributed by atoms with van der Waals surface area (Å²) >= 11 is 0. The molecule has 0 unspecified atom stereocenters. The fourth-order valence-corrected chi connectivity index (χ4v) is 3.22. The van der Waals surface area contributed by atoms with Gasteiger partial charge in [-0.05, 0) is 63.3 Å². The molecule has 1 aromatic carbocycles. The van der Waals surface area contributed by atoms with Crippen molar-refractivity contribution in [3.63, 3.8) is 0 Å². The van der Waals surface area contributed by atoms with Crippen LogP contribution < -0.4 is 15.4 Å². The predicted octanol–water partition coefficient (Wildman–Crippen LogP) is 1.32. The zero-order valence-corrected chi connectivity index (χ0v) is 16.0. The molecule has 0 saturated heterocycles. The van der Waals surface area contributed by atoms with Gasteiger partial charge in [-0.1, -0.05) is 0 Å². The number of carbonyl (C=O) groups excluding carboxylic acids is 2. The molecule has 2 fully saturated rings. The third kappa shape index (κ3) is 6.53. The van der Waals surface area contributed by atoms with E-state index in [2.05, 4.69) is 10.6 Å². The van der Waals surface area contributed by atoms with Gasteiger partial charge < -0.3 is 25.6 Å². The van der Waals surface area contributed by atoms with Crippen LogP contribution in [0, 0.1) is 5.92 Å². The lowest BCUT2D eigenvalue weighted by molar-refractivity contribution is -0.127. The van der Waals surface area contributed by atoms with Crippen molar-refractivity contribution in [2.45, 2.75) is 57.2 Å². The Morgan fingerprint density at radius 1 is 1.14 bits per heavy atom.